The first-order valence-electron chi connectivity index (χ1n) is 10.2. The van der Waals surface area contributed by atoms with Gasteiger partial charge < -0.3 is 21.1 Å². The minimum atomic E-state index is -0.262. The molecule has 1 aliphatic heterocycles. The van der Waals surface area contributed by atoms with Crippen molar-refractivity contribution in [3.8, 4) is 0 Å². The predicted molar refractivity (Wildman–Crippen MR) is 112 cm³/mol. The molecule has 1 aromatic heterocycles. The third-order valence-corrected chi connectivity index (χ3v) is 6.81. The largest absolute Gasteiger partial charge is 0.383 e. The lowest BCUT2D eigenvalue weighted by Crippen LogP contribution is -2.42. The van der Waals surface area contributed by atoms with Crippen LogP contribution in [0.25, 0.3) is 0 Å². The molecule has 0 unspecified atom stereocenters. The highest BCUT2D eigenvalue weighted by Gasteiger charge is 2.28. The maximum Gasteiger partial charge on any atom is 0.254 e. The number of nitrogens with one attached hydrogen (secondary N) is 2. The van der Waals surface area contributed by atoms with E-state index in [0.717, 1.165) is 31.2 Å². The first kappa shape index (κ1) is 21.7. The number of piperidine rings is 1. The number of nitrogens with two attached hydrogens (primary N) is 1. The first-order chi connectivity index (χ1) is 14.0. The predicted octanol–water partition coefficient (Wildman–Crippen LogP) is 1.14. The number of fused-ring (bicyclic) bond motifs is 1. The number of anilines is 1. The highest BCUT2D eigenvalue weighted by atomic mass is 32.1. The average Bonchev–Trinajstić information content (AvgIpc) is 3.06. The Labute approximate surface area is 175 Å². The summed E-state index contributed by atoms with van der Waals surface area (Å²) in [4.78, 5) is 40.0. The van der Waals surface area contributed by atoms with E-state index in [1.807, 2.05) is 4.90 Å². The number of primary amides is 1. The van der Waals surface area contributed by atoms with Crippen molar-refractivity contribution in [1.29, 1.82) is 0 Å². The van der Waals surface area contributed by atoms with Crippen molar-refractivity contribution in [2.75, 3.05) is 45.2 Å². The van der Waals surface area contributed by atoms with E-state index in [-0.39, 0.29) is 30.2 Å². The fourth-order valence-electron chi connectivity index (χ4n) is 3.99. The van der Waals surface area contributed by atoms with E-state index in [2.05, 4.69) is 10.6 Å². The van der Waals surface area contributed by atoms with Gasteiger partial charge in [0.15, 0.2) is 0 Å². The Morgan fingerprint density at radius 2 is 1.93 bits per heavy atom. The number of carbonyl (C=O) groups excluding carboxylic acids is 3. The molecule has 1 saturated heterocycles. The highest BCUT2D eigenvalue weighted by Crippen LogP contribution is 2.38. The number of aryl methyl sites for hydroxylation is 1. The molecule has 2 heterocycles. The second-order valence-electron chi connectivity index (χ2n) is 7.66. The van der Waals surface area contributed by atoms with Crippen LogP contribution in [0.1, 0.15) is 46.5 Å². The molecule has 29 heavy (non-hydrogen) atoms. The fourth-order valence-corrected chi connectivity index (χ4v) is 5.30. The third-order valence-electron chi connectivity index (χ3n) is 5.60. The number of ether oxygens (including phenoxy) is 1. The normalized spacial score (nSPS) is 17.6. The van der Waals surface area contributed by atoms with E-state index in [0.29, 0.717) is 49.6 Å². The van der Waals surface area contributed by atoms with Gasteiger partial charge in [-0.3, -0.25) is 19.3 Å². The van der Waals surface area contributed by atoms with Crippen LogP contribution in [-0.4, -0.2) is 62.5 Å². The van der Waals surface area contributed by atoms with E-state index >= 15 is 0 Å². The molecule has 8 nitrogen and oxygen atoms in total. The summed E-state index contributed by atoms with van der Waals surface area (Å²) in [6, 6.07) is 0. The topological polar surface area (TPSA) is 114 Å². The minimum Gasteiger partial charge on any atom is -0.383 e. The molecule has 0 saturated carbocycles. The standard InChI is InChI=1S/C20H30N4O4S/c1-28-11-8-22-19(27)17-14-4-2-3-5-15(14)29-20(17)23-16(25)12-24-9-6-13(7-10-24)18(21)26/h13H,2-12H2,1H3,(H2,21,26)(H,22,27)(H,23,25). The molecule has 0 aromatic carbocycles. The summed E-state index contributed by atoms with van der Waals surface area (Å²) in [5.41, 5.74) is 7.06. The van der Waals surface area contributed by atoms with Crippen LogP contribution in [0.5, 0.6) is 0 Å². The summed E-state index contributed by atoms with van der Waals surface area (Å²) in [6.07, 6.45) is 5.36. The Morgan fingerprint density at radius 3 is 2.62 bits per heavy atom. The Hall–Kier alpha value is -1.97. The number of rotatable bonds is 8. The van der Waals surface area contributed by atoms with E-state index in [4.69, 9.17) is 10.5 Å². The van der Waals surface area contributed by atoms with Crippen molar-refractivity contribution in [2.45, 2.75) is 38.5 Å². The van der Waals surface area contributed by atoms with Gasteiger partial charge in [0.05, 0.1) is 18.7 Å². The molecule has 0 spiro atoms. The van der Waals surface area contributed by atoms with Crippen LogP contribution in [-0.2, 0) is 27.2 Å². The lowest BCUT2D eigenvalue weighted by atomic mass is 9.95. The molecule has 4 N–H and O–H groups in total. The van der Waals surface area contributed by atoms with Crippen LogP contribution in [0, 0.1) is 5.92 Å². The molecule has 3 rings (SSSR count). The molecule has 9 heteroatoms. The summed E-state index contributed by atoms with van der Waals surface area (Å²) < 4.78 is 5.01. The highest BCUT2D eigenvalue weighted by molar-refractivity contribution is 7.17. The molecule has 1 fully saturated rings. The van der Waals surface area contributed by atoms with E-state index in [1.54, 1.807) is 7.11 Å². The molecule has 1 aromatic rings. The second kappa shape index (κ2) is 10.2. The SMILES string of the molecule is COCCNC(=O)c1c(NC(=O)CN2CCC(C(N)=O)CC2)sc2c1CCCC2. The van der Waals surface area contributed by atoms with Gasteiger partial charge in [0.1, 0.15) is 5.00 Å². The molecule has 3 amide bonds. The van der Waals surface area contributed by atoms with Gasteiger partial charge in [0, 0.05) is 24.4 Å². The van der Waals surface area contributed by atoms with Gasteiger partial charge in [0.25, 0.3) is 5.91 Å². The monoisotopic (exact) mass is 422 g/mol. The smallest absolute Gasteiger partial charge is 0.254 e. The lowest BCUT2D eigenvalue weighted by Gasteiger charge is -2.29. The Kier molecular flexibility index (Phi) is 7.63. The number of thiophene rings is 1. The molecule has 160 valence electrons. The number of methoxy groups -OCH3 is 1. The summed E-state index contributed by atoms with van der Waals surface area (Å²) in [6.45, 7) is 2.47. The number of hydrogen-bond donors (Lipinski definition) is 3. The summed E-state index contributed by atoms with van der Waals surface area (Å²) >= 11 is 1.52. The summed E-state index contributed by atoms with van der Waals surface area (Å²) in [5, 5.41) is 6.50. The van der Waals surface area contributed by atoms with Crippen LogP contribution in [0.15, 0.2) is 0 Å². The molecule has 1 aliphatic carbocycles. The molecule has 0 bridgehead atoms. The van der Waals surface area contributed by atoms with E-state index in [1.165, 1.54) is 16.2 Å². The average molecular weight is 423 g/mol. The van der Waals surface area contributed by atoms with Crippen LogP contribution < -0.4 is 16.4 Å². The van der Waals surface area contributed by atoms with Crippen LogP contribution in [0.2, 0.25) is 0 Å². The van der Waals surface area contributed by atoms with Gasteiger partial charge in [-0.25, -0.2) is 0 Å². The molecular formula is C20H30N4O4S. The minimum absolute atomic E-state index is 0.0965. The van der Waals surface area contributed by atoms with Crippen LogP contribution in [0.4, 0.5) is 5.00 Å². The number of carbonyl (C=O) groups is 3. The maximum absolute atomic E-state index is 12.8. The fraction of sp³-hybridized carbons (Fsp3) is 0.650. The van der Waals surface area contributed by atoms with E-state index < -0.39 is 0 Å². The lowest BCUT2D eigenvalue weighted by molar-refractivity contribution is -0.123. The zero-order chi connectivity index (χ0) is 20.8. The van der Waals surface area contributed by atoms with Gasteiger partial charge >= 0.3 is 0 Å². The van der Waals surface area contributed by atoms with Crippen LogP contribution >= 0.6 is 11.3 Å². The van der Waals surface area contributed by atoms with Crippen molar-refractivity contribution >= 4 is 34.1 Å². The summed E-state index contributed by atoms with van der Waals surface area (Å²) in [7, 11) is 1.59. The first-order valence-corrected chi connectivity index (χ1v) is 11.0. The molecule has 0 atom stereocenters. The molecular weight excluding hydrogens is 392 g/mol. The van der Waals surface area contributed by atoms with Gasteiger partial charge in [-0.2, -0.15) is 0 Å². The second-order valence-corrected chi connectivity index (χ2v) is 8.77. The number of nitrogens with zero attached hydrogens (tertiary/aromatic N) is 1. The molecule has 0 radical (unpaired) electrons. The quantitative estimate of drug-likeness (QED) is 0.544. The summed E-state index contributed by atoms with van der Waals surface area (Å²) in [5.74, 6) is -0.644. The Balaban J connectivity index is 1.65. The van der Waals surface area contributed by atoms with Crippen molar-refractivity contribution in [1.82, 2.24) is 10.2 Å². The Morgan fingerprint density at radius 1 is 1.21 bits per heavy atom. The zero-order valence-corrected chi connectivity index (χ0v) is 17.7. The van der Waals surface area contributed by atoms with Crippen LogP contribution in [0.3, 0.4) is 0 Å². The zero-order valence-electron chi connectivity index (χ0n) is 16.9. The number of likely N-dealkylation sites (tertiary alicyclic amines) is 1. The van der Waals surface area contributed by atoms with Gasteiger partial charge in [-0.1, -0.05) is 0 Å². The van der Waals surface area contributed by atoms with E-state index in [9.17, 15) is 14.4 Å². The Bertz CT molecular complexity index is 756. The third kappa shape index (κ3) is 5.55. The van der Waals surface area contributed by atoms with Crippen molar-refractivity contribution in [2.24, 2.45) is 11.7 Å². The van der Waals surface area contributed by atoms with Crippen molar-refractivity contribution < 1.29 is 19.1 Å². The van der Waals surface area contributed by atoms with Crippen molar-refractivity contribution in [3.05, 3.63) is 16.0 Å². The van der Waals surface area contributed by atoms with Gasteiger partial charge in [0.2, 0.25) is 11.8 Å². The van der Waals surface area contributed by atoms with Crippen molar-refractivity contribution in [3.63, 3.8) is 0 Å². The maximum atomic E-state index is 12.8. The van der Waals surface area contributed by atoms with Gasteiger partial charge in [-0.05, 0) is 57.2 Å². The van der Waals surface area contributed by atoms with Gasteiger partial charge in [-0.15, -0.1) is 11.3 Å². The number of hydrogen-bond acceptors (Lipinski definition) is 6. The molecule has 2 aliphatic rings. The number of amides is 3.